The second-order valence-electron chi connectivity index (χ2n) is 9.38. The third-order valence-electron chi connectivity index (χ3n) is 6.22. The van der Waals surface area contributed by atoms with Crippen LogP contribution in [0.1, 0.15) is 69.9 Å². The SMILES string of the molecule is CC1CN(Cc2ccc(CNC(=O)CCCNC(=O)NC3CCCCC3)cc2)CC(C)O1. The second kappa shape index (κ2) is 12.8. The molecule has 0 spiro atoms. The minimum atomic E-state index is -0.113. The van der Waals surface area contributed by atoms with Crippen LogP contribution < -0.4 is 16.0 Å². The molecule has 3 amide bonds. The molecule has 1 saturated carbocycles. The van der Waals surface area contributed by atoms with Gasteiger partial charge in [-0.2, -0.15) is 0 Å². The lowest BCUT2D eigenvalue weighted by Crippen LogP contribution is -2.44. The third kappa shape index (κ3) is 8.79. The minimum absolute atomic E-state index is 0.0138. The molecule has 1 saturated heterocycles. The van der Waals surface area contributed by atoms with Gasteiger partial charge in [0.25, 0.3) is 0 Å². The maximum atomic E-state index is 12.1. The van der Waals surface area contributed by atoms with Crippen molar-refractivity contribution in [3.05, 3.63) is 35.4 Å². The van der Waals surface area contributed by atoms with Crippen LogP contribution in [0.4, 0.5) is 4.79 Å². The zero-order valence-corrected chi connectivity index (χ0v) is 19.7. The van der Waals surface area contributed by atoms with E-state index in [0.29, 0.717) is 32.0 Å². The summed E-state index contributed by atoms with van der Waals surface area (Å²) in [5.41, 5.74) is 2.37. The average molecular weight is 445 g/mol. The molecule has 2 fully saturated rings. The number of amides is 3. The van der Waals surface area contributed by atoms with E-state index in [1.54, 1.807) is 0 Å². The molecule has 1 aromatic carbocycles. The van der Waals surface area contributed by atoms with Gasteiger partial charge in [-0.3, -0.25) is 9.69 Å². The van der Waals surface area contributed by atoms with Crippen LogP contribution in [0.25, 0.3) is 0 Å². The topological polar surface area (TPSA) is 82.7 Å². The quantitative estimate of drug-likeness (QED) is 0.510. The lowest BCUT2D eigenvalue weighted by Gasteiger charge is -2.35. The van der Waals surface area contributed by atoms with E-state index >= 15 is 0 Å². The van der Waals surface area contributed by atoms with Crippen molar-refractivity contribution >= 4 is 11.9 Å². The molecule has 1 heterocycles. The fourth-order valence-corrected chi connectivity index (χ4v) is 4.66. The molecule has 178 valence electrons. The smallest absolute Gasteiger partial charge is 0.315 e. The summed E-state index contributed by atoms with van der Waals surface area (Å²) in [5, 5.41) is 8.86. The van der Waals surface area contributed by atoms with Crippen molar-refractivity contribution in [2.24, 2.45) is 0 Å². The number of benzene rings is 1. The van der Waals surface area contributed by atoms with Crippen molar-refractivity contribution in [1.29, 1.82) is 0 Å². The number of carbonyl (C=O) groups excluding carboxylic acids is 2. The summed E-state index contributed by atoms with van der Waals surface area (Å²) in [4.78, 5) is 26.5. The lowest BCUT2D eigenvalue weighted by molar-refractivity contribution is -0.121. The maximum Gasteiger partial charge on any atom is 0.315 e. The molecular formula is C25H40N4O3. The van der Waals surface area contributed by atoms with Crippen LogP contribution in [0.2, 0.25) is 0 Å². The van der Waals surface area contributed by atoms with E-state index in [0.717, 1.165) is 38.0 Å². The first-order valence-electron chi connectivity index (χ1n) is 12.2. The Labute approximate surface area is 192 Å². The molecule has 7 heteroatoms. The molecule has 1 aromatic rings. The summed E-state index contributed by atoms with van der Waals surface area (Å²) >= 11 is 0. The van der Waals surface area contributed by atoms with Crippen LogP contribution in [0.15, 0.2) is 24.3 Å². The Morgan fingerprint density at radius 1 is 0.969 bits per heavy atom. The fraction of sp³-hybridized carbons (Fsp3) is 0.680. The van der Waals surface area contributed by atoms with Crippen molar-refractivity contribution in [3.63, 3.8) is 0 Å². The second-order valence-corrected chi connectivity index (χ2v) is 9.38. The summed E-state index contributed by atoms with van der Waals surface area (Å²) in [5.74, 6) is 0.0138. The molecular weight excluding hydrogens is 404 g/mol. The summed E-state index contributed by atoms with van der Waals surface area (Å²) in [6, 6.07) is 8.64. The van der Waals surface area contributed by atoms with Crippen molar-refractivity contribution in [2.45, 2.75) is 90.1 Å². The number of ether oxygens (including phenoxy) is 1. The van der Waals surface area contributed by atoms with Crippen LogP contribution in [0, 0.1) is 0 Å². The van der Waals surface area contributed by atoms with Crippen molar-refractivity contribution in [3.8, 4) is 0 Å². The summed E-state index contributed by atoms with van der Waals surface area (Å²) in [6.45, 7) is 8.12. The van der Waals surface area contributed by atoms with Gasteiger partial charge in [-0.1, -0.05) is 43.5 Å². The van der Waals surface area contributed by atoms with Gasteiger partial charge < -0.3 is 20.7 Å². The number of urea groups is 1. The van der Waals surface area contributed by atoms with Gasteiger partial charge in [-0.15, -0.1) is 0 Å². The average Bonchev–Trinajstić information content (AvgIpc) is 2.76. The van der Waals surface area contributed by atoms with Crippen molar-refractivity contribution in [2.75, 3.05) is 19.6 Å². The third-order valence-corrected chi connectivity index (χ3v) is 6.22. The Kier molecular flexibility index (Phi) is 9.81. The molecule has 3 rings (SSSR count). The highest BCUT2D eigenvalue weighted by Crippen LogP contribution is 2.17. The van der Waals surface area contributed by atoms with Gasteiger partial charge in [-0.25, -0.2) is 4.79 Å². The zero-order valence-electron chi connectivity index (χ0n) is 19.7. The van der Waals surface area contributed by atoms with E-state index in [1.807, 2.05) is 0 Å². The van der Waals surface area contributed by atoms with Crippen LogP contribution in [0.3, 0.4) is 0 Å². The van der Waals surface area contributed by atoms with Crippen molar-refractivity contribution < 1.29 is 14.3 Å². The predicted octanol–water partition coefficient (Wildman–Crippen LogP) is 3.32. The van der Waals surface area contributed by atoms with Gasteiger partial charge in [0.15, 0.2) is 0 Å². The largest absolute Gasteiger partial charge is 0.373 e. The van der Waals surface area contributed by atoms with E-state index in [1.165, 1.54) is 24.8 Å². The lowest BCUT2D eigenvalue weighted by atomic mass is 9.96. The van der Waals surface area contributed by atoms with Crippen LogP contribution in [-0.4, -0.2) is 54.7 Å². The summed E-state index contributed by atoms with van der Waals surface area (Å²) in [6.07, 6.45) is 7.40. The van der Waals surface area contributed by atoms with Gasteiger partial charge in [-0.05, 0) is 44.2 Å². The number of morpholine rings is 1. The first kappa shape index (κ1) is 24.5. The van der Waals surface area contributed by atoms with Crippen molar-refractivity contribution in [1.82, 2.24) is 20.9 Å². The molecule has 32 heavy (non-hydrogen) atoms. The van der Waals surface area contributed by atoms with Gasteiger partial charge >= 0.3 is 6.03 Å². The Bertz CT molecular complexity index is 708. The molecule has 2 unspecified atom stereocenters. The Morgan fingerprint density at radius 2 is 1.62 bits per heavy atom. The highest BCUT2D eigenvalue weighted by Gasteiger charge is 2.22. The van der Waals surface area contributed by atoms with Crippen LogP contribution in [-0.2, 0) is 22.6 Å². The molecule has 2 aliphatic rings. The number of rotatable bonds is 9. The fourth-order valence-electron chi connectivity index (χ4n) is 4.66. The van der Waals surface area contributed by atoms with Gasteiger partial charge in [0, 0.05) is 45.2 Å². The standard InChI is InChI=1S/C25H40N4O3/c1-19-16-29(17-20(2)32-19)18-22-12-10-21(11-13-22)15-27-24(30)9-6-14-26-25(31)28-23-7-4-3-5-8-23/h10-13,19-20,23H,3-9,14-18H2,1-2H3,(H,27,30)(H2,26,28,31). The van der Waals surface area contributed by atoms with E-state index in [2.05, 4.69) is 59.0 Å². The van der Waals surface area contributed by atoms with Gasteiger partial charge in [0.1, 0.15) is 0 Å². The van der Waals surface area contributed by atoms with E-state index < -0.39 is 0 Å². The molecule has 0 bridgehead atoms. The monoisotopic (exact) mass is 444 g/mol. The first-order chi connectivity index (χ1) is 15.5. The number of hydrogen-bond donors (Lipinski definition) is 3. The van der Waals surface area contributed by atoms with E-state index in [4.69, 9.17) is 4.74 Å². The number of nitrogens with one attached hydrogen (secondary N) is 3. The number of hydrogen-bond acceptors (Lipinski definition) is 4. The molecule has 2 atom stereocenters. The van der Waals surface area contributed by atoms with E-state index in [-0.39, 0.29) is 24.1 Å². The first-order valence-corrected chi connectivity index (χ1v) is 12.2. The van der Waals surface area contributed by atoms with Gasteiger partial charge in [0.2, 0.25) is 5.91 Å². The maximum absolute atomic E-state index is 12.1. The highest BCUT2D eigenvalue weighted by molar-refractivity contribution is 5.76. The summed E-state index contributed by atoms with van der Waals surface area (Å²) in [7, 11) is 0. The van der Waals surface area contributed by atoms with Crippen LogP contribution >= 0.6 is 0 Å². The number of nitrogens with zero attached hydrogens (tertiary/aromatic N) is 1. The molecule has 1 aliphatic heterocycles. The number of carbonyl (C=O) groups is 2. The normalized spacial score (nSPS) is 22.3. The molecule has 0 radical (unpaired) electrons. The minimum Gasteiger partial charge on any atom is -0.373 e. The molecule has 1 aliphatic carbocycles. The molecule has 3 N–H and O–H groups in total. The molecule has 0 aromatic heterocycles. The molecule has 7 nitrogen and oxygen atoms in total. The zero-order chi connectivity index (χ0) is 22.8. The van der Waals surface area contributed by atoms with Crippen LogP contribution in [0.5, 0.6) is 0 Å². The Morgan fingerprint density at radius 3 is 2.31 bits per heavy atom. The summed E-state index contributed by atoms with van der Waals surface area (Å²) < 4.78 is 5.80. The highest BCUT2D eigenvalue weighted by atomic mass is 16.5. The Hall–Kier alpha value is -2.12. The van der Waals surface area contributed by atoms with Gasteiger partial charge in [0.05, 0.1) is 12.2 Å². The van der Waals surface area contributed by atoms with E-state index in [9.17, 15) is 9.59 Å². The predicted molar refractivity (Wildman–Crippen MR) is 126 cm³/mol. The Balaban J connectivity index is 1.27.